The van der Waals surface area contributed by atoms with Crippen LogP contribution in [-0.4, -0.2) is 88.0 Å². The van der Waals surface area contributed by atoms with Gasteiger partial charge in [0.25, 0.3) is 5.91 Å². The molecule has 2 aliphatic heterocycles. The van der Waals surface area contributed by atoms with E-state index in [0.29, 0.717) is 18.8 Å². The van der Waals surface area contributed by atoms with E-state index in [0.717, 1.165) is 43.6 Å². The fourth-order valence-electron chi connectivity index (χ4n) is 5.73. The van der Waals surface area contributed by atoms with Gasteiger partial charge in [-0.05, 0) is 50.3 Å². The summed E-state index contributed by atoms with van der Waals surface area (Å²) in [4.78, 5) is 32.3. The quantitative estimate of drug-likeness (QED) is 0.686. The van der Waals surface area contributed by atoms with Crippen molar-refractivity contribution in [3.8, 4) is 0 Å². The second-order valence-corrected chi connectivity index (χ2v) is 10.5. The molecule has 0 unspecified atom stereocenters. The summed E-state index contributed by atoms with van der Waals surface area (Å²) in [7, 11) is 0. The molecule has 8 nitrogen and oxygen atoms in total. The topological polar surface area (TPSA) is 81.9 Å². The van der Waals surface area contributed by atoms with Crippen LogP contribution in [0.25, 0.3) is 0 Å². The number of piperidine rings is 1. The Labute approximate surface area is 211 Å². The molecule has 0 spiro atoms. The Morgan fingerprint density at radius 3 is 2.44 bits per heavy atom. The van der Waals surface area contributed by atoms with E-state index in [9.17, 15) is 19.1 Å². The second-order valence-electron chi connectivity index (χ2n) is 10.5. The van der Waals surface area contributed by atoms with E-state index in [-0.39, 0.29) is 44.3 Å². The van der Waals surface area contributed by atoms with Gasteiger partial charge in [0.2, 0.25) is 5.91 Å². The predicted octanol–water partition coefficient (Wildman–Crippen LogP) is 2.27. The summed E-state index contributed by atoms with van der Waals surface area (Å²) in [5.41, 5.74) is 4.50. The van der Waals surface area contributed by atoms with Gasteiger partial charge < -0.3 is 19.8 Å². The van der Waals surface area contributed by atoms with Crippen LogP contribution in [0.4, 0.5) is 10.1 Å². The van der Waals surface area contributed by atoms with E-state index in [1.54, 1.807) is 9.58 Å². The molecule has 1 aliphatic carbocycles. The van der Waals surface area contributed by atoms with Crippen molar-refractivity contribution in [2.75, 3.05) is 50.8 Å². The lowest BCUT2D eigenvalue weighted by atomic mass is 9.94. The average Bonchev–Trinajstić information content (AvgIpc) is 3.50. The minimum Gasteiger partial charge on any atom is -0.393 e. The number of hydrogen-bond acceptors (Lipinski definition) is 5. The smallest absolute Gasteiger partial charge is 0.274 e. The minimum atomic E-state index is -1.60. The third-order valence-corrected chi connectivity index (χ3v) is 8.27. The fraction of sp³-hybridized carbons (Fsp3) is 0.593. The van der Waals surface area contributed by atoms with Gasteiger partial charge in [0.1, 0.15) is 12.2 Å². The maximum atomic E-state index is 14.4. The van der Waals surface area contributed by atoms with Gasteiger partial charge in [-0.1, -0.05) is 12.1 Å². The molecule has 0 atom stereocenters. The molecule has 9 heteroatoms. The molecule has 2 amide bonds. The zero-order valence-corrected chi connectivity index (χ0v) is 21.3. The first-order valence-corrected chi connectivity index (χ1v) is 13.1. The summed E-state index contributed by atoms with van der Waals surface area (Å²) in [6, 6.07) is 6.34. The highest BCUT2D eigenvalue weighted by Gasteiger charge is 2.37. The molecule has 2 saturated heterocycles. The number of fused-ring (bicyclic) bond motifs is 1. The lowest BCUT2D eigenvalue weighted by molar-refractivity contribution is -0.132. The van der Waals surface area contributed by atoms with Gasteiger partial charge in [-0.3, -0.25) is 14.3 Å². The van der Waals surface area contributed by atoms with E-state index in [1.165, 1.54) is 16.8 Å². The molecule has 0 radical (unpaired) electrons. The predicted molar refractivity (Wildman–Crippen MR) is 135 cm³/mol. The van der Waals surface area contributed by atoms with Gasteiger partial charge >= 0.3 is 0 Å². The molecule has 3 aliphatic rings. The van der Waals surface area contributed by atoms with Crippen LogP contribution >= 0.6 is 0 Å². The molecule has 2 fully saturated rings. The summed E-state index contributed by atoms with van der Waals surface area (Å²) in [5.74, 6) is -0.170. The van der Waals surface area contributed by atoms with E-state index < -0.39 is 12.3 Å². The van der Waals surface area contributed by atoms with Crippen LogP contribution in [0.1, 0.15) is 52.1 Å². The maximum Gasteiger partial charge on any atom is 0.274 e. The van der Waals surface area contributed by atoms with Gasteiger partial charge in [-0.2, -0.15) is 5.10 Å². The number of aryl methyl sites for hydroxylation is 1. The van der Waals surface area contributed by atoms with Crippen LogP contribution in [-0.2, 0) is 24.2 Å². The van der Waals surface area contributed by atoms with Crippen molar-refractivity contribution in [2.24, 2.45) is 0 Å². The van der Waals surface area contributed by atoms with E-state index >= 15 is 0 Å². The number of carbonyl (C=O) groups excluding carboxylic acids is 2. The summed E-state index contributed by atoms with van der Waals surface area (Å²) in [5, 5.41) is 13.9. The Kier molecular flexibility index (Phi) is 6.76. The number of aliphatic hydroxyl groups excluding tert-OH is 1. The number of carbonyl (C=O) groups is 2. The third-order valence-electron chi connectivity index (χ3n) is 8.27. The molecule has 1 N–H and O–H groups in total. The van der Waals surface area contributed by atoms with Gasteiger partial charge in [0, 0.05) is 69.1 Å². The van der Waals surface area contributed by atoms with Crippen molar-refractivity contribution < 1.29 is 19.1 Å². The molecular weight excluding hydrogens is 461 g/mol. The van der Waals surface area contributed by atoms with E-state index in [2.05, 4.69) is 42.0 Å². The number of aromatic nitrogens is 2. The SMILES string of the molecule is Cc1cccc(N2CCN(C(=O)Cn3nc(C(=O)N4CCC(F)(CO)CC4)c4c3CCC4)CC2)c1C. The highest BCUT2D eigenvalue weighted by Crippen LogP contribution is 2.30. The van der Waals surface area contributed by atoms with Crippen LogP contribution in [0.5, 0.6) is 0 Å². The summed E-state index contributed by atoms with van der Waals surface area (Å²) in [6.45, 7) is 7.31. The average molecular weight is 498 g/mol. The number of rotatable bonds is 5. The number of amides is 2. The van der Waals surface area contributed by atoms with Crippen LogP contribution < -0.4 is 4.90 Å². The standard InChI is InChI=1S/C27H36FN5O3/c1-19-5-3-7-22(20(19)2)30-13-15-31(16-14-30)24(35)17-33-23-8-4-6-21(23)25(29-33)26(36)32-11-9-27(28,18-34)10-12-32/h3,5,7,34H,4,6,8-18H2,1-2H3. The summed E-state index contributed by atoms with van der Waals surface area (Å²) in [6.07, 6.45) is 2.78. The zero-order chi connectivity index (χ0) is 25.4. The maximum absolute atomic E-state index is 14.4. The van der Waals surface area contributed by atoms with Crippen molar-refractivity contribution >= 4 is 17.5 Å². The second kappa shape index (κ2) is 9.84. The lowest BCUT2D eigenvalue weighted by Crippen LogP contribution is -2.50. The van der Waals surface area contributed by atoms with Crippen molar-refractivity contribution in [1.82, 2.24) is 19.6 Å². The number of anilines is 1. The highest BCUT2D eigenvalue weighted by molar-refractivity contribution is 5.94. The highest BCUT2D eigenvalue weighted by atomic mass is 19.1. The number of benzene rings is 1. The Bertz CT molecular complexity index is 1150. The monoisotopic (exact) mass is 497 g/mol. The molecule has 36 heavy (non-hydrogen) atoms. The molecule has 1 aromatic carbocycles. The number of hydrogen-bond donors (Lipinski definition) is 1. The fourth-order valence-corrected chi connectivity index (χ4v) is 5.73. The number of piperazine rings is 1. The Morgan fingerprint density at radius 1 is 1.03 bits per heavy atom. The first kappa shape index (κ1) is 24.7. The van der Waals surface area contributed by atoms with Crippen LogP contribution in [0.2, 0.25) is 0 Å². The molecule has 0 saturated carbocycles. The minimum absolute atomic E-state index is 0.0231. The molecule has 0 bridgehead atoms. The van der Waals surface area contributed by atoms with Crippen molar-refractivity contribution in [3.63, 3.8) is 0 Å². The van der Waals surface area contributed by atoms with Gasteiger partial charge in [-0.25, -0.2) is 4.39 Å². The Balaban J connectivity index is 1.24. The van der Waals surface area contributed by atoms with Crippen LogP contribution in [0.3, 0.4) is 0 Å². The van der Waals surface area contributed by atoms with Crippen molar-refractivity contribution in [3.05, 3.63) is 46.3 Å². The third kappa shape index (κ3) is 4.61. The van der Waals surface area contributed by atoms with Crippen LogP contribution in [0, 0.1) is 13.8 Å². The Hall–Kier alpha value is -2.94. The van der Waals surface area contributed by atoms with Crippen molar-refractivity contribution in [1.29, 1.82) is 0 Å². The molecule has 2 aromatic rings. The van der Waals surface area contributed by atoms with Gasteiger partial charge in [-0.15, -0.1) is 0 Å². The summed E-state index contributed by atoms with van der Waals surface area (Å²) >= 11 is 0. The molecule has 194 valence electrons. The normalized spacial score (nSPS) is 19.5. The molecular formula is C27H36FN5O3. The van der Waals surface area contributed by atoms with E-state index in [1.807, 2.05) is 4.90 Å². The first-order valence-electron chi connectivity index (χ1n) is 13.1. The number of nitrogens with zero attached hydrogens (tertiary/aromatic N) is 5. The number of halogens is 1. The largest absolute Gasteiger partial charge is 0.393 e. The zero-order valence-electron chi connectivity index (χ0n) is 21.3. The van der Waals surface area contributed by atoms with E-state index in [4.69, 9.17) is 0 Å². The van der Waals surface area contributed by atoms with Crippen molar-refractivity contribution in [2.45, 2.75) is 58.2 Å². The summed E-state index contributed by atoms with van der Waals surface area (Å²) < 4.78 is 16.1. The first-order chi connectivity index (χ1) is 17.3. The van der Waals surface area contributed by atoms with Crippen LogP contribution in [0.15, 0.2) is 18.2 Å². The Morgan fingerprint density at radius 2 is 1.75 bits per heavy atom. The number of alkyl halides is 1. The number of likely N-dealkylation sites (tertiary alicyclic amines) is 1. The molecule has 5 rings (SSSR count). The molecule has 3 heterocycles. The van der Waals surface area contributed by atoms with Gasteiger partial charge in [0.15, 0.2) is 5.69 Å². The number of aliphatic hydroxyl groups is 1. The molecule has 1 aromatic heterocycles. The lowest BCUT2D eigenvalue weighted by Gasteiger charge is -2.37. The van der Waals surface area contributed by atoms with Gasteiger partial charge in [0.05, 0.1) is 6.61 Å².